The topological polar surface area (TPSA) is 42.0 Å². The summed E-state index contributed by atoms with van der Waals surface area (Å²) in [5.74, 6) is -0.0834. The molecular formula is C22H22N2OS. The number of anilines is 1. The summed E-state index contributed by atoms with van der Waals surface area (Å²) in [7, 11) is 0. The zero-order valence-corrected chi connectivity index (χ0v) is 16.0. The van der Waals surface area contributed by atoms with E-state index in [1.54, 1.807) is 0 Å². The molecule has 1 heterocycles. The van der Waals surface area contributed by atoms with Crippen LogP contribution in [-0.4, -0.2) is 10.9 Å². The molecular weight excluding hydrogens is 340 g/mol. The van der Waals surface area contributed by atoms with Crippen molar-refractivity contribution in [3.63, 3.8) is 0 Å². The average molecular weight is 362 g/mol. The van der Waals surface area contributed by atoms with E-state index in [4.69, 9.17) is 0 Å². The second-order valence-electron chi connectivity index (χ2n) is 7.00. The van der Waals surface area contributed by atoms with Crippen molar-refractivity contribution in [3.05, 3.63) is 69.6 Å². The van der Waals surface area contributed by atoms with Crippen LogP contribution in [-0.2, 0) is 12.8 Å². The van der Waals surface area contributed by atoms with Crippen molar-refractivity contribution in [3.8, 4) is 11.3 Å². The molecule has 4 heteroatoms. The van der Waals surface area contributed by atoms with Crippen LogP contribution in [0, 0.1) is 13.8 Å². The highest BCUT2D eigenvalue weighted by molar-refractivity contribution is 7.14. The molecule has 0 atom stereocenters. The Kier molecular flexibility index (Phi) is 4.60. The first kappa shape index (κ1) is 17.0. The first-order valence-corrected chi connectivity index (χ1v) is 9.94. The van der Waals surface area contributed by atoms with Gasteiger partial charge in [-0.3, -0.25) is 10.1 Å². The molecule has 4 rings (SSSR count). The van der Waals surface area contributed by atoms with Gasteiger partial charge in [0.05, 0.1) is 5.69 Å². The molecule has 3 nitrogen and oxygen atoms in total. The Balaban J connectivity index is 1.53. The summed E-state index contributed by atoms with van der Waals surface area (Å²) in [6.45, 7) is 4.18. The maximum atomic E-state index is 12.6. The predicted molar refractivity (Wildman–Crippen MR) is 108 cm³/mol. The molecule has 3 aromatic rings. The van der Waals surface area contributed by atoms with E-state index >= 15 is 0 Å². The Hall–Kier alpha value is -2.46. The Morgan fingerprint density at radius 3 is 2.65 bits per heavy atom. The Morgan fingerprint density at radius 2 is 1.85 bits per heavy atom. The van der Waals surface area contributed by atoms with E-state index in [0.717, 1.165) is 24.1 Å². The molecule has 26 heavy (non-hydrogen) atoms. The van der Waals surface area contributed by atoms with Gasteiger partial charge in [-0.25, -0.2) is 4.98 Å². The summed E-state index contributed by atoms with van der Waals surface area (Å²) in [6.07, 6.45) is 4.66. The standard InChI is InChI=1S/C22H22N2OS/c1-14-7-10-19(15(2)11-14)20-13-26-22(23-20)24-21(25)18-9-8-16-5-3-4-6-17(16)12-18/h7-13H,3-6H2,1-2H3,(H,23,24,25). The lowest BCUT2D eigenvalue weighted by Gasteiger charge is -2.16. The molecule has 0 bridgehead atoms. The number of benzene rings is 2. The van der Waals surface area contributed by atoms with Gasteiger partial charge in [0, 0.05) is 16.5 Å². The largest absolute Gasteiger partial charge is 0.298 e. The van der Waals surface area contributed by atoms with Gasteiger partial charge >= 0.3 is 0 Å². The summed E-state index contributed by atoms with van der Waals surface area (Å²) < 4.78 is 0. The number of carbonyl (C=O) groups excluding carboxylic acids is 1. The van der Waals surface area contributed by atoms with Crippen molar-refractivity contribution in [2.45, 2.75) is 39.5 Å². The van der Waals surface area contributed by atoms with Crippen molar-refractivity contribution in [1.29, 1.82) is 0 Å². The fraction of sp³-hybridized carbons (Fsp3) is 0.273. The molecule has 1 amide bonds. The first-order chi connectivity index (χ1) is 12.6. The highest BCUT2D eigenvalue weighted by Crippen LogP contribution is 2.28. The minimum atomic E-state index is -0.0834. The minimum Gasteiger partial charge on any atom is -0.298 e. The third-order valence-corrected chi connectivity index (χ3v) is 5.75. The molecule has 1 aliphatic rings. The van der Waals surface area contributed by atoms with Gasteiger partial charge in [-0.05, 0) is 68.4 Å². The number of hydrogen-bond donors (Lipinski definition) is 1. The number of amides is 1. The number of nitrogens with one attached hydrogen (secondary N) is 1. The number of hydrogen-bond acceptors (Lipinski definition) is 3. The van der Waals surface area contributed by atoms with Crippen LogP contribution in [0.3, 0.4) is 0 Å². The lowest BCUT2D eigenvalue weighted by Crippen LogP contribution is -2.13. The number of fused-ring (bicyclic) bond motifs is 1. The van der Waals surface area contributed by atoms with E-state index in [1.165, 1.54) is 46.4 Å². The van der Waals surface area contributed by atoms with E-state index in [-0.39, 0.29) is 5.91 Å². The van der Waals surface area contributed by atoms with Crippen molar-refractivity contribution in [2.24, 2.45) is 0 Å². The number of carbonyl (C=O) groups is 1. The van der Waals surface area contributed by atoms with Crippen LogP contribution >= 0.6 is 11.3 Å². The molecule has 0 saturated carbocycles. The number of thiazole rings is 1. The second-order valence-corrected chi connectivity index (χ2v) is 7.86. The van der Waals surface area contributed by atoms with Gasteiger partial charge in [-0.1, -0.05) is 29.8 Å². The average Bonchev–Trinajstić information content (AvgIpc) is 3.09. The summed E-state index contributed by atoms with van der Waals surface area (Å²) >= 11 is 1.47. The maximum absolute atomic E-state index is 12.6. The molecule has 0 spiro atoms. The van der Waals surface area contributed by atoms with E-state index in [9.17, 15) is 4.79 Å². The lowest BCUT2D eigenvalue weighted by molar-refractivity contribution is 0.102. The normalized spacial score (nSPS) is 13.3. The molecule has 0 unspecified atom stereocenters. The third-order valence-electron chi connectivity index (χ3n) is 4.99. The fourth-order valence-electron chi connectivity index (χ4n) is 3.60. The van der Waals surface area contributed by atoms with Crippen molar-refractivity contribution < 1.29 is 4.79 Å². The van der Waals surface area contributed by atoms with Gasteiger partial charge in [0.2, 0.25) is 0 Å². The molecule has 1 aromatic heterocycles. The number of rotatable bonds is 3. The van der Waals surface area contributed by atoms with Crippen LogP contribution in [0.15, 0.2) is 41.8 Å². The lowest BCUT2D eigenvalue weighted by atomic mass is 9.90. The SMILES string of the molecule is Cc1ccc(-c2csc(NC(=O)c3ccc4c(c3)CCCC4)n2)c(C)c1. The molecule has 0 saturated heterocycles. The van der Waals surface area contributed by atoms with E-state index in [2.05, 4.69) is 48.4 Å². The van der Waals surface area contributed by atoms with Crippen LogP contribution in [0.25, 0.3) is 11.3 Å². The van der Waals surface area contributed by atoms with Gasteiger partial charge in [0.1, 0.15) is 0 Å². The van der Waals surface area contributed by atoms with Crippen LogP contribution in [0.5, 0.6) is 0 Å². The smallest absolute Gasteiger partial charge is 0.257 e. The summed E-state index contributed by atoms with van der Waals surface area (Å²) in [5, 5.41) is 5.60. The molecule has 0 radical (unpaired) electrons. The zero-order chi connectivity index (χ0) is 18.1. The van der Waals surface area contributed by atoms with Crippen LogP contribution in [0.1, 0.15) is 45.5 Å². The van der Waals surface area contributed by atoms with Crippen LogP contribution < -0.4 is 5.32 Å². The number of nitrogens with zero attached hydrogens (tertiary/aromatic N) is 1. The molecule has 0 aliphatic heterocycles. The van der Waals surface area contributed by atoms with E-state index < -0.39 is 0 Å². The molecule has 2 aromatic carbocycles. The molecule has 0 fully saturated rings. The Labute approximate surface area is 158 Å². The van der Waals surface area contributed by atoms with Gasteiger partial charge in [-0.2, -0.15) is 0 Å². The monoisotopic (exact) mass is 362 g/mol. The van der Waals surface area contributed by atoms with Gasteiger partial charge in [-0.15, -0.1) is 11.3 Å². The number of aryl methyl sites for hydroxylation is 4. The zero-order valence-electron chi connectivity index (χ0n) is 15.1. The van der Waals surface area contributed by atoms with Gasteiger partial charge in [0.15, 0.2) is 5.13 Å². The third kappa shape index (κ3) is 3.42. The Morgan fingerprint density at radius 1 is 1.04 bits per heavy atom. The summed E-state index contributed by atoms with van der Waals surface area (Å²) in [5.41, 5.74) is 7.88. The summed E-state index contributed by atoms with van der Waals surface area (Å²) in [4.78, 5) is 17.2. The van der Waals surface area contributed by atoms with Gasteiger partial charge < -0.3 is 0 Å². The predicted octanol–water partition coefficient (Wildman–Crippen LogP) is 5.56. The quantitative estimate of drug-likeness (QED) is 0.663. The molecule has 1 N–H and O–H groups in total. The van der Waals surface area contributed by atoms with Crippen LogP contribution in [0.2, 0.25) is 0 Å². The van der Waals surface area contributed by atoms with E-state index in [0.29, 0.717) is 10.7 Å². The highest BCUT2D eigenvalue weighted by Gasteiger charge is 2.15. The van der Waals surface area contributed by atoms with Crippen molar-refractivity contribution in [1.82, 2.24) is 4.98 Å². The van der Waals surface area contributed by atoms with Crippen LogP contribution in [0.4, 0.5) is 5.13 Å². The fourth-order valence-corrected chi connectivity index (χ4v) is 4.31. The molecule has 1 aliphatic carbocycles. The van der Waals surface area contributed by atoms with Gasteiger partial charge in [0.25, 0.3) is 5.91 Å². The minimum absolute atomic E-state index is 0.0834. The summed E-state index contributed by atoms with van der Waals surface area (Å²) in [6, 6.07) is 12.4. The second kappa shape index (κ2) is 7.04. The number of aromatic nitrogens is 1. The first-order valence-electron chi connectivity index (χ1n) is 9.06. The van der Waals surface area contributed by atoms with Crippen molar-refractivity contribution >= 4 is 22.4 Å². The Bertz CT molecular complexity index is 974. The van der Waals surface area contributed by atoms with E-state index in [1.807, 2.05) is 17.5 Å². The maximum Gasteiger partial charge on any atom is 0.257 e. The molecule has 132 valence electrons. The van der Waals surface area contributed by atoms with Crippen molar-refractivity contribution in [2.75, 3.05) is 5.32 Å². The highest BCUT2D eigenvalue weighted by atomic mass is 32.1.